The highest BCUT2D eigenvalue weighted by atomic mass is 32.1. The highest BCUT2D eigenvalue weighted by molar-refractivity contribution is 7.14. The Morgan fingerprint density at radius 1 is 1.29 bits per heavy atom. The molecule has 2 aromatic heterocycles. The summed E-state index contributed by atoms with van der Waals surface area (Å²) in [7, 11) is 0. The van der Waals surface area contributed by atoms with Gasteiger partial charge in [0.15, 0.2) is 10.8 Å². The Kier molecular flexibility index (Phi) is 3.11. The predicted octanol–water partition coefficient (Wildman–Crippen LogP) is 2.87. The van der Waals surface area contributed by atoms with Gasteiger partial charge in [-0.3, -0.25) is 10.1 Å². The van der Waals surface area contributed by atoms with E-state index in [2.05, 4.69) is 15.3 Å². The normalized spacial score (nSPS) is 11.5. The van der Waals surface area contributed by atoms with Crippen LogP contribution >= 0.6 is 22.7 Å². The number of carbonyl (C=O) groups is 1. The number of amides is 1. The van der Waals surface area contributed by atoms with Crippen LogP contribution in [-0.2, 0) is 6.18 Å². The zero-order valence-corrected chi connectivity index (χ0v) is 9.62. The van der Waals surface area contributed by atoms with Gasteiger partial charge in [0.1, 0.15) is 4.88 Å². The van der Waals surface area contributed by atoms with Crippen LogP contribution in [-0.4, -0.2) is 15.9 Å². The SMILES string of the molecule is O=C(Nc1nccs1)c1scnc1C(F)(F)F. The van der Waals surface area contributed by atoms with Crippen molar-refractivity contribution in [3.63, 3.8) is 0 Å². The van der Waals surface area contributed by atoms with E-state index in [0.29, 0.717) is 11.3 Å². The lowest BCUT2D eigenvalue weighted by Crippen LogP contribution is -2.17. The van der Waals surface area contributed by atoms with Crippen molar-refractivity contribution in [2.24, 2.45) is 0 Å². The molecule has 9 heteroatoms. The molecule has 2 rings (SSSR count). The summed E-state index contributed by atoms with van der Waals surface area (Å²) in [6, 6.07) is 0. The van der Waals surface area contributed by atoms with Crippen LogP contribution in [0.5, 0.6) is 0 Å². The monoisotopic (exact) mass is 279 g/mol. The van der Waals surface area contributed by atoms with Gasteiger partial charge in [0, 0.05) is 11.6 Å². The molecular weight excluding hydrogens is 275 g/mol. The van der Waals surface area contributed by atoms with Crippen LogP contribution in [0.15, 0.2) is 17.1 Å². The van der Waals surface area contributed by atoms with E-state index in [0.717, 1.165) is 16.8 Å². The van der Waals surface area contributed by atoms with E-state index < -0.39 is 22.7 Å². The molecule has 1 amide bonds. The van der Waals surface area contributed by atoms with Crippen molar-refractivity contribution < 1.29 is 18.0 Å². The van der Waals surface area contributed by atoms with Crippen LogP contribution in [0.25, 0.3) is 0 Å². The van der Waals surface area contributed by atoms with Gasteiger partial charge >= 0.3 is 6.18 Å². The molecular formula is C8H4F3N3OS2. The molecule has 2 aromatic rings. The molecule has 0 saturated carbocycles. The first kappa shape index (κ1) is 12.0. The summed E-state index contributed by atoms with van der Waals surface area (Å²) >= 11 is 1.76. The molecule has 0 bridgehead atoms. The molecule has 90 valence electrons. The minimum atomic E-state index is -4.63. The quantitative estimate of drug-likeness (QED) is 0.919. The summed E-state index contributed by atoms with van der Waals surface area (Å²) in [6.45, 7) is 0. The average Bonchev–Trinajstić information content (AvgIpc) is 2.85. The number of hydrogen-bond donors (Lipinski definition) is 1. The topological polar surface area (TPSA) is 54.9 Å². The van der Waals surface area contributed by atoms with Gasteiger partial charge in [-0.05, 0) is 0 Å². The fourth-order valence-electron chi connectivity index (χ4n) is 1.05. The second-order valence-corrected chi connectivity index (χ2v) is 4.57. The van der Waals surface area contributed by atoms with E-state index >= 15 is 0 Å². The molecule has 17 heavy (non-hydrogen) atoms. The van der Waals surface area contributed by atoms with Crippen molar-refractivity contribution in [3.8, 4) is 0 Å². The van der Waals surface area contributed by atoms with E-state index in [9.17, 15) is 18.0 Å². The average molecular weight is 279 g/mol. The third-order valence-corrected chi connectivity index (χ3v) is 3.21. The van der Waals surface area contributed by atoms with Crippen LogP contribution in [0.2, 0.25) is 0 Å². The Labute approximate surface area is 101 Å². The van der Waals surface area contributed by atoms with Gasteiger partial charge in [0.25, 0.3) is 5.91 Å². The number of anilines is 1. The summed E-state index contributed by atoms with van der Waals surface area (Å²) in [5.41, 5.74) is -0.184. The van der Waals surface area contributed by atoms with Gasteiger partial charge in [-0.15, -0.1) is 22.7 Å². The van der Waals surface area contributed by atoms with Gasteiger partial charge in [-0.25, -0.2) is 9.97 Å². The maximum absolute atomic E-state index is 12.5. The van der Waals surface area contributed by atoms with E-state index in [1.54, 1.807) is 5.38 Å². The van der Waals surface area contributed by atoms with E-state index in [1.807, 2.05) is 0 Å². The number of halogens is 3. The van der Waals surface area contributed by atoms with Crippen molar-refractivity contribution in [2.45, 2.75) is 6.18 Å². The smallest absolute Gasteiger partial charge is 0.297 e. The number of hydrogen-bond acceptors (Lipinski definition) is 5. The second-order valence-electron chi connectivity index (χ2n) is 2.82. The minimum absolute atomic E-state index is 0.247. The third-order valence-electron chi connectivity index (χ3n) is 1.69. The highest BCUT2D eigenvalue weighted by Crippen LogP contribution is 2.33. The maximum atomic E-state index is 12.5. The molecule has 0 radical (unpaired) electrons. The van der Waals surface area contributed by atoms with Crippen molar-refractivity contribution in [2.75, 3.05) is 5.32 Å². The number of thiazole rings is 2. The molecule has 0 aromatic carbocycles. The van der Waals surface area contributed by atoms with E-state index in [-0.39, 0.29) is 5.13 Å². The molecule has 0 fully saturated rings. The van der Waals surface area contributed by atoms with Gasteiger partial charge in [0.05, 0.1) is 5.51 Å². The number of carbonyl (C=O) groups excluding carboxylic acids is 1. The van der Waals surface area contributed by atoms with Gasteiger partial charge in [0.2, 0.25) is 0 Å². The van der Waals surface area contributed by atoms with Gasteiger partial charge in [-0.1, -0.05) is 0 Å². The summed E-state index contributed by atoms with van der Waals surface area (Å²) in [4.78, 5) is 18.0. The molecule has 1 N–H and O–H groups in total. The van der Waals surface area contributed by atoms with Gasteiger partial charge < -0.3 is 0 Å². The molecule has 0 aliphatic heterocycles. The maximum Gasteiger partial charge on any atom is 0.434 e. The second kappa shape index (κ2) is 4.41. The van der Waals surface area contributed by atoms with Crippen LogP contribution < -0.4 is 5.32 Å². The summed E-state index contributed by atoms with van der Waals surface area (Å²) in [6.07, 6.45) is -3.19. The summed E-state index contributed by atoms with van der Waals surface area (Å²) < 4.78 is 37.4. The lowest BCUT2D eigenvalue weighted by atomic mass is 10.3. The Hall–Kier alpha value is -1.48. The van der Waals surface area contributed by atoms with Crippen LogP contribution in [0, 0.1) is 0 Å². The standard InChI is InChI=1S/C8H4F3N3OS2/c9-8(10,11)5-4(17-3-13-5)6(15)14-7-12-1-2-16-7/h1-3H,(H,12,14,15). The number of rotatable bonds is 2. The predicted molar refractivity (Wildman–Crippen MR) is 57.2 cm³/mol. The van der Waals surface area contributed by atoms with Crippen LogP contribution in [0.4, 0.5) is 18.3 Å². The lowest BCUT2D eigenvalue weighted by Gasteiger charge is -2.05. The number of nitrogens with one attached hydrogen (secondary N) is 1. The molecule has 0 aliphatic rings. The third kappa shape index (κ3) is 2.61. The summed E-state index contributed by atoms with van der Waals surface area (Å²) in [5, 5.41) is 4.13. The Bertz CT molecular complexity index is 520. The molecule has 0 unspecified atom stereocenters. The fourth-order valence-corrected chi connectivity index (χ4v) is 2.27. The van der Waals surface area contributed by atoms with Crippen molar-refractivity contribution in [1.29, 1.82) is 0 Å². The van der Waals surface area contributed by atoms with Crippen LogP contribution in [0.1, 0.15) is 15.4 Å². The zero-order chi connectivity index (χ0) is 12.5. The first-order valence-corrected chi connectivity index (χ1v) is 5.96. The first-order valence-electron chi connectivity index (χ1n) is 4.20. The molecule has 0 atom stereocenters. The number of alkyl halides is 3. The summed E-state index contributed by atoms with van der Waals surface area (Å²) in [5.74, 6) is -0.852. The Morgan fingerprint density at radius 3 is 2.65 bits per heavy atom. The lowest BCUT2D eigenvalue weighted by molar-refractivity contribution is -0.141. The van der Waals surface area contributed by atoms with Gasteiger partial charge in [-0.2, -0.15) is 13.2 Å². The first-order chi connectivity index (χ1) is 7.98. The van der Waals surface area contributed by atoms with Crippen molar-refractivity contribution >= 4 is 33.7 Å². The molecule has 2 heterocycles. The molecule has 0 aliphatic carbocycles. The molecule has 0 spiro atoms. The number of nitrogens with zero attached hydrogens (tertiary/aromatic N) is 2. The fraction of sp³-hybridized carbons (Fsp3) is 0.125. The Balaban J connectivity index is 2.23. The van der Waals surface area contributed by atoms with E-state index in [1.165, 1.54) is 6.20 Å². The van der Waals surface area contributed by atoms with Crippen molar-refractivity contribution in [3.05, 3.63) is 27.7 Å². The minimum Gasteiger partial charge on any atom is -0.297 e. The zero-order valence-electron chi connectivity index (χ0n) is 7.99. The number of aromatic nitrogens is 2. The van der Waals surface area contributed by atoms with Crippen molar-refractivity contribution in [1.82, 2.24) is 9.97 Å². The largest absolute Gasteiger partial charge is 0.434 e. The van der Waals surface area contributed by atoms with E-state index in [4.69, 9.17) is 0 Å². The molecule has 0 saturated heterocycles. The highest BCUT2D eigenvalue weighted by Gasteiger charge is 2.38. The molecule has 4 nitrogen and oxygen atoms in total. The van der Waals surface area contributed by atoms with Crippen LogP contribution in [0.3, 0.4) is 0 Å². The Morgan fingerprint density at radius 2 is 2.06 bits per heavy atom.